The Hall–Kier alpha value is -0.830. The van der Waals surface area contributed by atoms with Gasteiger partial charge in [-0.2, -0.15) is 0 Å². The van der Waals surface area contributed by atoms with Gasteiger partial charge in [-0.3, -0.25) is 4.79 Å². The first-order valence-corrected chi connectivity index (χ1v) is 6.90. The van der Waals surface area contributed by atoms with Crippen molar-refractivity contribution in [1.82, 2.24) is 10.2 Å². The van der Waals surface area contributed by atoms with Gasteiger partial charge in [-0.15, -0.1) is 0 Å². The van der Waals surface area contributed by atoms with E-state index in [1.807, 2.05) is 4.90 Å². The summed E-state index contributed by atoms with van der Waals surface area (Å²) in [4.78, 5) is 14.0. The lowest BCUT2D eigenvalue weighted by Crippen LogP contribution is -2.35. The Labute approximate surface area is 104 Å². The molecule has 0 radical (unpaired) electrons. The number of hydrogen-bond acceptors (Lipinski definition) is 2. The van der Waals surface area contributed by atoms with Crippen LogP contribution in [0.3, 0.4) is 0 Å². The Morgan fingerprint density at radius 1 is 1.47 bits per heavy atom. The van der Waals surface area contributed by atoms with Crippen LogP contribution in [-0.2, 0) is 4.79 Å². The fourth-order valence-electron chi connectivity index (χ4n) is 2.65. The van der Waals surface area contributed by atoms with E-state index >= 15 is 0 Å². The van der Waals surface area contributed by atoms with E-state index in [0.717, 1.165) is 51.4 Å². The second kappa shape index (κ2) is 6.20. The van der Waals surface area contributed by atoms with E-state index in [0.29, 0.717) is 5.91 Å². The van der Waals surface area contributed by atoms with Crippen LogP contribution in [0.2, 0.25) is 0 Å². The normalized spacial score (nSPS) is 22.4. The van der Waals surface area contributed by atoms with Crippen LogP contribution in [-0.4, -0.2) is 37.0 Å². The molecule has 17 heavy (non-hydrogen) atoms. The van der Waals surface area contributed by atoms with E-state index in [1.165, 1.54) is 18.4 Å². The van der Waals surface area contributed by atoms with Crippen LogP contribution in [0, 0.1) is 5.92 Å². The van der Waals surface area contributed by atoms with Gasteiger partial charge >= 0.3 is 0 Å². The van der Waals surface area contributed by atoms with E-state index in [4.69, 9.17) is 0 Å². The van der Waals surface area contributed by atoms with Crippen molar-refractivity contribution in [2.75, 3.05) is 26.2 Å². The van der Waals surface area contributed by atoms with Crippen LogP contribution >= 0.6 is 0 Å². The van der Waals surface area contributed by atoms with E-state index in [2.05, 4.69) is 18.3 Å². The number of hydrogen-bond donors (Lipinski definition) is 1. The zero-order valence-corrected chi connectivity index (χ0v) is 10.9. The van der Waals surface area contributed by atoms with Gasteiger partial charge in [-0.05, 0) is 51.6 Å². The summed E-state index contributed by atoms with van der Waals surface area (Å²) in [6.45, 7) is 6.16. The Morgan fingerprint density at radius 3 is 2.88 bits per heavy atom. The quantitative estimate of drug-likeness (QED) is 0.760. The molecule has 0 unspecified atom stereocenters. The third kappa shape index (κ3) is 3.84. The van der Waals surface area contributed by atoms with Crippen LogP contribution in [0.1, 0.15) is 39.0 Å². The van der Waals surface area contributed by atoms with E-state index < -0.39 is 0 Å². The van der Waals surface area contributed by atoms with Crippen molar-refractivity contribution < 1.29 is 4.79 Å². The van der Waals surface area contributed by atoms with Crippen LogP contribution in [0.5, 0.6) is 0 Å². The molecule has 1 amide bonds. The molecule has 0 aliphatic carbocycles. The molecular weight excluding hydrogens is 212 g/mol. The van der Waals surface area contributed by atoms with Gasteiger partial charge in [0.05, 0.1) is 0 Å². The molecule has 0 aromatic carbocycles. The van der Waals surface area contributed by atoms with Crippen molar-refractivity contribution in [3.8, 4) is 0 Å². The van der Waals surface area contributed by atoms with Gasteiger partial charge in [0.15, 0.2) is 0 Å². The maximum atomic E-state index is 12.0. The predicted octanol–water partition coefficient (Wildman–Crippen LogP) is 1.94. The summed E-state index contributed by atoms with van der Waals surface area (Å²) < 4.78 is 0. The molecular formula is C14H24N2O. The molecule has 1 N–H and O–H groups in total. The van der Waals surface area contributed by atoms with Crippen LogP contribution < -0.4 is 5.32 Å². The molecule has 2 aliphatic heterocycles. The van der Waals surface area contributed by atoms with Crippen molar-refractivity contribution in [2.24, 2.45) is 5.92 Å². The van der Waals surface area contributed by atoms with E-state index in [-0.39, 0.29) is 0 Å². The van der Waals surface area contributed by atoms with Crippen molar-refractivity contribution >= 4 is 5.91 Å². The van der Waals surface area contributed by atoms with Crippen LogP contribution in [0.15, 0.2) is 11.6 Å². The number of carbonyl (C=O) groups excluding carboxylic acids is 1. The fourth-order valence-corrected chi connectivity index (χ4v) is 2.65. The van der Waals surface area contributed by atoms with Crippen molar-refractivity contribution in [3.63, 3.8) is 0 Å². The zero-order chi connectivity index (χ0) is 12.1. The van der Waals surface area contributed by atoms with E-state index in [9.17, 15) is 4.79 Å². The molecule has 2 aliphatic rings. The second-order valence-corrected chi connectivity index (χ2v) is 5.37. The summed E-state index contributed by atoms with van der Waals surface area (Å²) in [7, 11) is 0. The first-order valence-electron chi connectivity index (χ1n) is 6.90. The van der Waals surface area contributed by atoms with E-state index in [1.54, 1.807) is 0 Å². The Balaban J connectivity index is 1.70. The lowest BCUT2D eigenvalue weighted by atomic mass is 9.93. The Morgan fingerprint density at radius 2 is 2.24 bits per heavy atom. The van der Waals surface area contributed by atoms with Gasteiger partial charge in [-0.25, -0.2) is 0 Å². The Kier molecular flexibility index (Phi) is 4.60. The van der Waals surface area contributed by atoms with Gasteiger partial charge in [-0.1, -0.05) is 11.6 Å². The second-order valence-electron chi connectivity index (χ2n) is 5.37. The summed E-state index contributed by atoms with van der Waals surface area (Å²) in [5.41, 5.74) is 1.42. The third-order valence-electron chi connectivity index (χ3n) is 4.01. The molecule has 0 aromatic heterocycles. The molecule has 96 valence electrons. The smallest absolute Gasteiger partial charge is 0.222 e. The zero-order valence-electron chi connectivity index (χ0n) is 10.9. The van der Waals surface area contributed by atoms with Gasteiger partial charge in [0.25, 0.3) is 0 Å². The lowest BCUT2D eigenvalue weighted by Gasteiger charge is -2.27. The summed E-state index contributed by atoms with van der Waals surface area (Å²) >= 11 is 0. The predicted molar refractivity (Wildman–Crippen MR) is 69.8 cm³/mol. The highest BCUT2D eigenvalue weighted by Crippen LogP contribution is 2.19. The number of nitrogens with one attached hydrogen (secondary N) is 1. The van der Waals surface area contributed by atoms with Gasteiger partial charge in [0.2, 0.25) is 5.91 Å². The van der Waals surface area contributed by atoms with Gasteiger partial charge in [0, 0.05) is 19.5 Å². The Bertz CT molecular complexity index is 293. The molecule has 0 atom stereocenters. The molecule has 3 heteroatoms. The average molecular weight is 236 g/mol. The largest absolute Gasteiger partial charge is 0.339 e. The number of piperidine rings is 1. The van der Waals surface area contributed by atoms with Crippen molar-refractivity contribution in [3.05, 3.63) is 11.6 Å². The third-order valence-corrected chi connectivity index (χ3v) is 4.01. The van der Waals surface area contributed by atoms with Crippen LogP contribution in [0.4, 0.5) is 0 Å². The topological polar surface area (TPSA) is 32.3 Å². The maximum Gasteiger partial charge on any atom is 0.222 e. The molecule has 2 rings (SSSR count). The van der Waals surface area contributed by atoms with Gasteiger partial charge < -0.3 is 10.2 Å². The highest BCUT2D eigenvalue weighted by atomic mass is 16.2. The number of rotatable bonds is 3. The first-order chi connectivity index (χ1) is 8.25. The summed E-state index contributed by atoms with van der Waals surface area (Å²) in [6, 6.07) is 0. The lowest BCUT2D eigenvalue weighted by molar-refractivity contribution is -0.131. The van der Waals surface area contributed by atoms with Crippen LogP contribution in [0.25, 0.3) is 0 Å². The fraction of sp³-hybridized carbons (Fsp3) is 0.786. The molecule has 0 aromatic rings. The molecule has 2 heterocycles. The summed E-state index contributed by atoms with van der Waals surface area (Å²) in [5.74, 6) is 1.12. The average Bonchev–Trinajstić information content (AvgIpc) is 2.38. The number of nitrogens with zero attached hydrogens (tertiary/aromatic N) is 1. The molecule has 0 bridgehead atoms. The molecule has 1 fully saturated rings. The molecule has 0 spiro atoms. The SMILES string of the molecule is CC1=CCN(C(=O)CCC2CCNCC2)CC1. The standard InChI is InChI=1S/C14H24N2O/c1-12-6-10-16(11-7-12)14(17)3-2-13-4-8-15-9-5-13/h6,13,15H,2-5,7-11H2,1H3. The van der Waals surface area contributed by atoms with Gasteiger partial charge in [0.1, 0.15) is 0 Å². The molecule has 1 saturated heterocycles. The first kappa shape index (κ1) is 12.6. The minimum atomic E-state index is 0.354. The highest BCUT2D eigenvalue weighted by Gasteiger charge is 2.18. The maximum absolute atomic E-state index is 12.0. The monoisotopic (exact) mass is 236 g/mol. The number of amides is 1. The minimum absolute atomic E-state index is 0.354. The molecule has 3 nitrogen and oxygen atoms in total. The highest BCUT2D eigenvalue weighted by molar-refractivity contribution is 5.76. The van der Waals surface area contributed by atoms with Crippen molar-refractivity contribution in [1.29, 1.82) is 0 Å². The minimum Gasteiger partial charge on any atom is -0.339 e. The molecule has 0 saturated carbocycles. The number of carbonyl (C=O) groups is 1. The van der Waals surface area contributed by atoms with Crippen molar-refractivity contribution in [2.45, 2.75) is 39.0 Å². The summed E-state index contributed by atoms with van der Waals surface area (Å²) in [5, 5.41) is 3.37. The summed E-state index contributed by atoms with van der Waals surface area (Å²) in [6.07, 6.45) is 7.56.